The molecule has 40 heavy (non-hydrogen) atoms. The molecule has 0 aliphatic carbocycles. The topological polar surface area (TPSA) is 79.3 Å². The number of esters is 1. The number of anilines is 1. The Kier molecular flexibility index (Phi) is 12.3. The van der Waals surface area contributed by atoms with Crippen molar-refractivity contribution in [2.24, 2.45) is 0 Å². The van der Waals surface area contributed by atoms with E-state index in [1.807, 2.05) is 25.2 Å². The molecule has 0 saturated heterocycles. The number of ether oxygens (including phenoxy) is 2. The van der Waals surface area contributed by atoms with Crippen molar-refractivity contribution >= 4 is 29.2 Å². The van der Waals surface area contributed by atoms with Gasteiger partial charge in [0.05, 0.1) is 19.4 Å². The number of allylic oxidation sites excluding steroid dienone is 1. The van der Waals surface area contributed by atoms with Crippen LogP contribution in [0, 0.1) is 0 Å². The number of unbranched alkanes of at least 4 members (excludes halogenated alkanes) is 2. The third-order valence-corrected chi connectivity index (χ3v) is 7.63. The van der Waals surface area contributed by atoms with Gasteiger partial charge in [0.25, 0.3) is 0 Å². The molecule has 0 spiro atoms. The van der Waals surface area contributed by atoms with Crippen LogP contribution < -0.4 is 9.64 Å². The molecular formula is C32H43ClN2O5. The minimum absolute atomic E-state index is 0.0797. The molecule has 7 nitrogen and oxygen atoms in total. The molecule has 1 aliphatic rings. The molecule has 2 unspecified atom stereocenters. The number of methoxy groups -OCH3 is 1. The van der Waals surface area contributed by atoms with Crippen molar-refractivity contribution in [1.82, 2.24) is 4.90 Å². The maximum absolute atomic E-state index is 12.0. The summed E-state index contributed by atoms with van der Waals surface area (Å²) < 4.78 is 11.1. The Morgan fingerprint density at radius 1 is 1.20 bits per heavy atom. The molecule has 1 N–H and O–H groups in total. The van der Waals surface area contributed by atoms with Gasteiger partial charge in [0, 0.05) is 44.5 Å². The summed E-state index contributed by atoms with van der Waals surface area (Å²) in [5, 5.41) is 11.2. The van der Waals surface area contributed by atoms with Gasteiger partial charge in [-0.2, -0.15) is 0 Å². The van der Waals surface area contributed by atoms with E-state index < -0.39 is 12.1 Å². The SMILES string of the molecule is CCCc1cc(Cl)ccc1C1COc2ccc(C(O)C(=O)OC)cc2N(CCCC/C=C\CCN(C)C(C)=O)C1. The maximum atomic E-state index is 12.0. The molecule has 218 valence electrons. The number of benzene rings is 2. The Hall–Kier alpha value is -3.03. The first-order chi connectivity index (χ1) is 19.2. The second kappa shape index (κ2) is 15.7. The van der Waals surface area contributed by atoms with Gasteiger partial charge < -0.3 is 24.4 Å². The van der Waals surface area contributed by atoms with Gasteiger partial charge >= 0.3 is 5.97 Å². The van der Waals surface area contributed by atoms with Crippen LogP contribution in [0.1, 0.15) is 74.7 Å². The van der Waals surface area contributed by atoms with Gasteiger partial charge in [-0.15, -0.1) is 0 Å². The van der Waals surface area contributed by atoms with Gasteiger partial charge in [-0.25, -0.2) is 4.79 Å². The number of aliphatic hydroxyl groups is 1. The van der Waals surface area contributed by atoms with Crippen LogP contribution in [0.4, 0.5) is 5.69 Å². The molecular weight excluding hydrogens is 528 g/mol. The van der Waals surface area contributed by atoms with Crippen molar-refractivity contribution in [2.45, 2.75) is 64.4 Å². The molecule has 2 aromatic rings. The molecule has 1 amide bonds. The Labute approximate surface area is 243 Å². The average molecular weight is 571 g/mol. The number of hydrogen-bond acceptors (Lipinski definition) is 6. The van der Waals surface area contributed by atoms with Crippen LogP contribution in [0.5, 0.6) is 5.75 Å². The van der Waals surface area contributed by atoms with Gasteiger partial charge in [0.1, 0.15) is 5.75 Å². The molecule has 2 aromatic carbocycles. The highest BCUT2D eigenvalue weighted by Crippen LogP contribution is 2.38. The van der Waals surface area contributed by atoms with Crippen LogP contribution in [-0.2, 0) is 20.7 Å². The van der Waals surface area contributed by atoms with Crippen molar-refractivity contribution in [3.05, 3.63) is 70.3 Å². The normalized spacial score (nSPS) is 15.8. The molecule has 0 saturated carbocycles. The Balaban J connectivity index is 1.76. The lowest BCUT2D eigenvalue weighted by Gasteiger charge is -2.28. The molecule has 0 aromatic heterocycles. The second-order valence-electron chi connectivity index (χ2n) is 10.4. The van der Waals surface area contributed by atoms with Gasteiger partial charge in [-0.05, 0) is 73.1 Å². The first kappa shape index (κ1) is 31.5. The monoisotopic (exact) mass is 570 g/mol. The van der Waals surface area contributed by atoms with E-state index in [0.29, 0.717) is 12.2 Å². The van der Waals surface area contributed by atoms with E-state index in [4.69, 9.17) is 21.1 Å². The zero-order chi connectivity index (χ0) is 29.1. The summed E-state index contributed by atoms with van der Waals surface area (Å²) in [7, 11) is 3.09. The molecule has 1 aliphatic heterocycles. The lowest BCUT2D eigenvalue weighted by atomic mass is 9.92. The van der Waals surface area contributed by atoms with Crippen molar-refractivity contribution in [3.8, 4) is 5.75 Å². The molecule has 0 bridgehead atoms. The van der Waals surface area contributed by atoms with E-state index in [1.165, 1.54) is 18.2 Å². The fourth-order valence-corrected chi connectivity index (χ4v) is 5.21. The first-order valence-electron chi connectivity index (χ1n) is 14.2. The highest BCUT2D eigenvalue weighted by atomic mass is 35.5. The van der Waals surface area contributed by atoms with Crippen LogP contribution in [0.3, 0.4) is 0 Å². The molecule has 1 heterocycles. The lowest BCUT2D eigenvalue weighted by molar-refractivity contribution is -0.150. The van der Waals surface area contributed by atoms with E-state index >= 15 is 0 Å². The van der Waals surface area contributed by atoms with E-state index in [1.54, 1.807) is 17.9 Å². The summed E-state index contributed by atoms with van der Waals surface area (Å²) in [6.45, 7) is 6.55. The van der Waals surface area contributed by atoms with Crippen LogP contribution in [-0.4, -0.2) is 62.3 Å². The van der Waals surface area contributed by atoms with Crippen molar-refractivity contribution in [3.63, 3.8) is 0 Å². The molecule has 3 rings (SSSR count). The Morgan fingerprint density at radius 3 is 2.70 bits per heavy atom. The fourth-order valence-electron chi connectivity index (χ4n) is 5.01. The van der Waals surface area contributed by atoms with E-state index in [9.17, 15) is 14.7 Å². The predicted octanol–water partition coefficient (Wildman–Crippen LogP) is 6.08. The zero-order valence-corrected chi connectivity index (χ0v) is 25.0. The third kappa shape index (κ3) is 8.73. The van der Waals surface area contributed by atoms with Crippen LogP contribution >= 0.6 is 11.6 Å². The van der Waals surface area contributed by atoms with Gasteiger partial charge in [-0.1, -0.05) is 49.2 Å². The predicted molar refractivity (Wildman–Crippen MR) is 160 cm³/mol. The largest absolute Gasteiger partial charge is 0.491 e. The summed E-state index contributed by atoms with van der Waals surface area (Å²) in [6.07, 6.45) is 8.74. The number of rotatable bonds is 13. The average Bonchev–Trinajstić information content (AvgIpc) is 3.12. The quantitative estimate of drug-likeness (QED) is 0.179. The standard InChI is InChI=1S/C32H43ClN2O5/c1-5-12-24-19-27(33)14-15-28(24)26-21-35(18-11-9-7-6-8-10-17-34(3)23(2)36)29-20-25(31(37)32(38)39-4)13-16-30(29)40-22-26/h6,8,13-16,19-20,26,31,37H,5,7,9-12,17-18,21-22H2,1-4H3/b8-6-. The van der Waals surface area contributed by atoms with Gasteiger partial charge in [0.2, 0.25) is 5.91 Å². The highest BCUT2D eigenvalue weighted by molar-refractivity contribution is 6.30. The first-order valence-corrected chi connectivity index (χ1v) is 14.6. The fraction of sp³-hybridized carbons (Fsp3) is 0.500. The van der Waals surface area contributed by atoms with Crippen LogP contribution in [0.25, 0.3) is 0 Å². The maximum Gasteiger partial charge on any atom is 0.339 e. The second-order valence-corrected chi connectivity index (χ2v) is 10.8. The van der Waals surface area contributed by atoms with Gasteiger partial charge in [0.15, 0.2) is 6.10 Å². The number of amides is 1. The van der Waals surface area contributed by atoms with E-state index in [0.717, 1.165) is 74.6 Å². The smallest absolute Gasteiger partial charge is 0.339 e. The number of fused-ring (bicyclic) bond motifs is 1. The third-order valence-electron chi connectivity index (χ3n) is 7.39. The molecule has 8 heteroatoms. The van der Waals surface area contributed by atoms with Crippen LogP contribution in [0.15, 0.2) is 48.6 Å². The van der Waals surface area contributed by atoms with Crippen molar-refractivity contribution < 1.29 is 24.2 Å². The Morgan fingerprint density at radius 2 is 1.98 bits per heavy atom. The van der Waals surface area contributed by atoms with E-state index in [2.05, 4.69) is 36.1 Å². The lowest BCUT2D eigenvalue weighted by Crippen LogP contribution is -2.30. The summed E-state index contributed by atoms with van der Waals surface area (Å²) in [5.41, 5.74) is 3.85. The summed E-state index contributed by atoms with van der Waals surface area (Å²) in [6, 6.07) is 11.5. The summed E-state index contributed by atoms with van der Waals surface area (Å²) in [4.78, 5) is 27.4. The van der Waals surface area contributed by atoms with Crippen molar-refractivity contribution in [1.29, 1.82) is 0 Å². The molecule has 2 atom stereocenters. The number of aryl methyl sites for hydroxylation is 1. The number of aliphatic hydroxyl groups excluding tert-OH is 1. The van der Waals surface area contributed by atoms with E-state index in [-0.39, 0.29) is 11.8 Å². The summed E-state index contributed by atoms with van der Waals surface area (Å²) in [5.74, 6) is 0.267. The summed E-state index contributed by atoms with van der Waals surface area (Å²) >= 11 is 6.34. The highest BCUT2D eigenvalue weighted by Gasteiger charge is 2.28. The molecule has 0 radical (unpaired) electrons. The number of halogens is 1. The minimum atomic E-state index is -1.35. The Bertz CT molecular complexity index is 1170. The van der Waals surface area contributed by atoms with Crippen LogP contribution in [0.2, 0.25) is 5.02 Å². The van der Waals surface area contributed by atoms with Crippen molar-refractivity contribution in [2.75, 3.05) is 45.3 Å². The number of nitrogens with zero attached hydrogens (tertiary/aromatic N) is 2. The molecule has 0 fully saturated rings. The number of hydrogen-bond donors (Lipinski definition) is 1. The number of carbonyl (C=O) groups is 2. The van der Waals surface area contributed by atoms with Gasteiger partial charge in [-0.3, -0.25) is 4.79 Å². The number of carbonyl (C=O) groups excluding carboxylic acids is 2. The minimum Gasteiger partial charge on any atom is -0.491 e. The zero-order valence-electron chi connectivity index (χ0n) is 24.2.